The summed E-state index contributed by atoms with van der Waals surface area (Å²) in [7, 11) is 0. The molecule has 1 amide bonds. The Morgan fingerprint density at radius 1 is 1.35 bits per heavy atom. The molecule has 0 bridgehead atoms. The molecule has 0 aliphatic heterocycles. The molecule has 3 aromatic rings. The number of rotatable bonds is 3. The maximum atomic E-state index is 11.8. The lowest BCUT2D eigenvalue weighted by atomic mass is 10.1. The van der Waals surface area contributed by atoms with E-state index >= 15 is 0 Å². The number of phenols is 1. The van der Waals surface area contributed by atoms with Crippen molar-refractivity contribution in [3.05, 3.63) is 41.2 Å². The zero-order valence-corrected chi connectivity index (χ0v) is 12.7. The number of aromatic hydroxyl groups is 1. The van der Waals surface area contributed by atoms with Crippen LogP contribution in [0.5, 0.6) is 5.75 Å². The van der Waals surface area contributed by atoms with Crippen molar-refractivity contribution >= 4 is 11.7 Å². The van der Waals surface area contributed by atoms with Gasteiger partial charge in [0.2, 0.25) is 0 Å². The number of aromatic amines is 1. The van der Waals surface area contributed by atoms with E-state index in [2.05, 4.69) is 15.3 Å². The van der Waals surface area contributed by atoms with Crippen LogP contribution in [0.25, 0.3) is 16.9 Å². The molecule has 23 heavy (non-hydrogen) atoms. The van der Waals surface area contributed by atoms with Crippen LogP contribution in [0.2, 0.25) is 0 Å². The van der Waals surface area contributed by atoms with Gasteiger partial charge in [0.15, 0.2) is 0 Å². The SMILES string of the molecule is Cc1ccc(O)c(C)c1-n1nc(-c2cn[nH]c2)c(C(N)=O)c1N. The fraction of sp³-hybridized carbons (Fsp3) is 0.133. The third kappa shape index (κ3) is 2.20. The molecule has 0 spiro atoms. The molecule has 6 N–H and O–H groups in total. The Hall–Kier alpha value is -3.29. The highest BCUT2D eigenvalue weighted by molar-refractivity contribution is 6.03. The van der Waals surface area contributed by atoms with E-state index in [1.807, 2.05) is 6.92 Å². The molecule has 8 heteroatoms. The first-order valence-electron chi connectivity index (χ1n) is 6.88. The van der Waals surface area contributed by atoms with Crippen LogP contribution in [0.1, 0.15) is 21.5 Å². The number of H-pyrrole nitrogens is 1. The molecule has 0 fully saturated rings. The summed E-state index contributed by atoms with van der Waals surface area (Å²) in [6.45, 7) is 3.62. The smallest absolute Gasteiger partial charge is 0.254 e. The number of nitrogens with one attached hydrogen (secondary N) is 1. The first-order valence-corrected chi connectivity index (χ1v) is 6.88. The Kier molecular flexibility index (Phi) is 3.29. The number of benzene rings is 1. The van der Waals surface area contributed by atoms with Gasteiger partial charge in [-0.25, -0.2) is 4.68 Å². The van der Waals surface area contributed by atoms with Gasteiger partial charge in [-0.1, -0.05) is 6.07 Å². The standard InChI is InChI=1S/C15H16N6O2/c1-7-3-4-10(22)8(2)13(7)21-14(16)11(15(17)23)12(20-21)9-5-18-19-6-9/h3-6,22H,16H2,1-2H3,(H2,17,23)(H,18,19). The molecule has 2 aromatic heterocycles. The summed E-state index contributed by atoms with van der Waals surface area (Å²) in [5.74, 6) is -0.447. The van der Waals surface area contributed by atoms with E-state index in [0.717, 1.165) is 5.56 Å². The van der Waals surface area contributed by atoms with Crippen LogP contribution in [0.4, 0.5) is 5.82 Å². The van der Waals surface area contributed by atoms with E-state index in [4.69, 9.17) is 11.5 Å². The predicted octanol–water partition coefficient (Wildman–Crippen LogP) is 1.27. The summed E-state index contributed by atoms with van der Waals surface area (Å²) in [6.07, 6.45) is 3.13. The van der Waals surface area contributed by atoms with Gasteiger partial charge in [-0.15, -0.1) is 0 Å². The second-order valence-corrected chi connectivity index (χ2v) is 5.25. The second-order valence-electron chi connectivity index (χ2n) is 5.25. The van der Waals surface area contributed by atoms with Gasteiger partial charge in [-0.3, -0.25) is 9.89 Å². The number of hydrogen-bond donors (Lipinski definition) is 4. The van der Waals surface area contributed by atoms with Gasteiger partial charge in [0, 0.05) is 17.3 Å². The summed E-state index contributed by atoms with van der Waals surface area (Å²) in [5, 5.41) is 20.9. The number of carbonyl (C=O) groups excluding carboxylic acids is 1. The van der Waals surface area contributed by atoms with Gasteiger partial charge >= 0.3 is 0 Å². The summed E-state index contributed by atoms with van der Waals surface area (Å²) in [4.78, 5) is 11.8. The zero-order chi connectivity index (χ0) is 16.7. The number of hydrogen-bond acceptors (Lipinski definition) is 5. The Morgan fingerprint density at radius 2 is 2.09 bits per heavy atom. The number of aromatic nitrogens is 4. The van der Waals surface area contributed by atoms with Crippen LogP contribution in [-0.2, 0) is 0 Å². The van der Waals surface area contributed by atoms with Gasteiger partial charge in [0.05, 0.1) is 11.9 Å². The van der Waals surface area contributed by atoms with E-state index < -0.39 is 5.91 Å². The number of anilines is 1. The van der Waals surface area contributed by atoms with Crippen molar-refractivity contribution in [1.29, 1.82) is 0 Å². The van der Waals surface area contributed by atoms with Crippen LogP contribution >= 0.6 is 0 Å². The van der Waals surface area contributed by atoms with Crippen LogP contribution in [-0.4, -0.2) is 31.0 Å². The zero-order valence-electron chi connectivity index (χ0n) is 12.7. The first-order chi connectivity index (χ1) is 10.9. The van der Waals surface area contributed by atoms with Crippen molar-refractivity contribution in [3.8, 4) is 22.7 Å². The van der Waals surface area contributed by atoms with E-state index in [1.54, 1.807) is 25.3 Å². The minimum Gasteiger partial charge on any atom is -0.508 e. The van der Waals surface area contributed by atoms with Gasteiger partial charge in [-0.05, 0) is 25.5 Å². The van der Waals surface area contributed by atoms with E-state index in [0.29, 0.717) is 22.5 Å². The number of nitrogens with two attached hydrogens (primary N) is 2. The fourth-order valence-corrected chi connectivity index (χ4v) is 2.58. The Morgan fingerprint density at radius 3 is 2.70 bits per heavy atom. The first kappa shape index (κ1) is 14.6. The summed E-state index contributed by atoms with van der Waals surface area (Å²) < 4.78 is 1.42. The van der Waals surface area contributed by atoms with Gasteiger partial charge in [0.1, 0.15) is 22.8 Å². The van der Waals surface area contributed by atoms with Crippen molar-refractivity contribution in [2.45, 2.75) is 13.8 Å². The second kappa shape index (κ2) is 5.16. The maximum absolute atomic E-state index is 11.8. The van der Waals surface area contributed by atoms with E-state index in [9.17, 15) is 9.90 Å². The highest BCUT2D eigenvalue weighted by Gasteiger charge is 2.24. The third-order valence-corrected chi connectivity index (χ3v) is 3.76. The van der Waals surface area contributed by atoms with Gasteiger partial charge < -0.3 is 16.6 Å². The number of aryl methyl sites for hydroxylation is 1. The molecule has 118 valence electrons. The fourth-order valence-electron chi connectivity index (χ4n) is 2.58. The largest absolute Gasteiger partial charge is 0.508 e. The molecule has 3 rings (SSSR count). The van der Waals surface area contributed by atoms with Crippen molar-refractivity contribution < 1.29 is 9.90 Å². The summed E-state index contributed by atoms with van der Waals surface area (Å²) in [5.41, 5.74) is 14.7. The van der Waals surface area contributed by atoms with Crippen LogP contribution in [0.15, 0.2) is 24.5 Å². The lowest BCUT2D eigenvalue weighted by Gasteiger charge is -2.12. The highest BCUT2D eigenvalue weighted by Crippen LogP contribution is 2.33. The van der Waals surface area contributed by atoms with Crippen LogP contribution < -0.4 is 11.5 Å². The molecule has 0 aliphatic carbocycles. The molecule has 0 aliphatic rings. The minimum atomic E-state index is -0.680. The van der Waals surface area contributed by atoms with Gasteiger partial charge in [-0.2, -0.15) is 10.2 Å². The molecular weight excluding hydrogens is 296 g/mol. The highest BCUT2D eigenvalue weighted by atomic mass is 16.3. The Labute approximate surface area is 131 Å². The average Bonchev–Trinajstić information content (AvgIpc) is 3.12. The molecule has 0 radical (unpaired) electrons. The minimum absolute atomic E-state index is 0.116. The van der Waals surface area contributed by atoms with Crippen LogP contribution in [0.3, 0.4) is 0 Å². The Bertz CT molecular complexity index is 895. The molecule has 8 nitrogen and oxygen atoms in total. The number of nitrogen functional groups attached to an aromatic ring is 1. The molecule has 1 aromatic carbocycles. The van der Waals surface area contributed by atoms with Crippen molar-refractivity contribution in [2.75, 3.05) is 5.73 Å². The number of primary amides is 1. The van der Waals surface area contributed by atoms with E-state index in [1.165, 1.54) is 10.9 Å². The van der Waals surface area contributed by atoms with Crippen molar-refractivity contribution in [1.82, 2.24) is 20.0 Å². The quantitative estimate of drug-likeness (QED) is 0.577. The molecule has 0 saturated carbocycles. The molecular formula is C15H16N6O2. The number of amides is 1. The van der Waals surface area contributed by atoms with E-state index in [-0.39, 0.29) is 17.1 Å². The summed E-state index contributed by atoms with van der Waals surface area (Å²) >= 11 is 0. The molecule has 0 atom stereocenters. The molecule has 0 unspecified atom stereocenters. The maximum Gasteiger partial charge on any atom is 0.254 e. The monoisotopic (exact) mass is 312 g/mol. The van der Waals surface area contributed by atoms with Crippen molar-refractivity contribution in [3.63, 3.8) is 0 Å². The number of nitrogens with zero attached hydrogens (tertiary/aromatic N) is 3. The van der Waals surface area contributed by atoms with Crippen LogP contribution in [0, 0.1) is 13.8 Å². The van der Waals surface area contributed by atoms with Gasteiger partial charge in [0.25, 0.3) is 5.91 Å². The predicted molar refractivity (Wildman–Crippen MR) is 85.2 cm³/mol. The van der Waals surface area contributed by atoms with Crippen molar-refractivity contribution in [2.24, 2.45) is 5.73 Å². The lowest BCUT2D eigenvalue weighted by Crippen LogP contribution is -2.14. The summed E-state index contributed by atoms with van der Waals surface area (Å²) in [6, 6.07) is 3.35. The number of carbonyl (C=O) groups is 1. The lowest BCUT2D eigenvalue weighted by molar-refractivity contribution is 0.100. The average molecular weight is 312 g/mol. The Balaban J connectivity index is 2.33. The third-order valence-electron chi connectivity index (χ3n) is 3.76. The normalized spacial score (nSPS) is 10.9. The topological polar surface area (TPSA) is 136 Å². The number of phenolic OH excluding ortho intramolecular Hbond substituents is 1. The molecule has 0 saturated heterocycles. The molecule has 2 heterocycles.